The molecular weight excluding hydrogens is 178 g/mol. The molecule has 1 atom stereocenters. The van der Waals surface area contributed by atoms with Crippen molar-refractivity contribution >= 4 is 5.78 Å². The highest BCUT2D eigenvalue weighted by atomic mass is 16.3. The predicted octanol–water partition coefficient (Wildman–Crippen LogP) is 2.71. The molecule has 1 unspecified atom stereocenters. The van der Waals surface area contributed by atoms with Gasteiger partial charge in [0, 0.05) is 0 Å². The maximum absolute atomic E-state index is 11.8. The van der Waals surface area contributed by atoms with Gasteiger partial charge in [0.1, 0.15) is 11.7 Å². The summed E-state index contributed by atoms with van der Waals surface area (Å²) in [5.41, 5.74) is 0.532. The van der Waals surface area contributed by atoms with E-state index in [1.54, 1.807) is 13.0 Å². The number of aryl methyl sites for hydroxylation is 1. The molecule has 0 bridgehead atoms. The first-order chi connectivity index (χ1) is 6.70. The first-order valence-corrected chi connectivity index (χ1v) is 4.68. The van der Waals surface area contributed by atoms with Crippen LogP contribution in [0.3, 0.4) is 0 Å². The van der Waals surface area contributed by atoms with Crippen LogP contribution in [0.5, 0.6) is 0 Å². The van der Waals surface area contributed by atoms with Crippen LogP contribution in [-0.4, -0.2) is 5.78 Å². The minimum Gasteiger partial charge on any atom is -0.469 e. The van der Waals surface area contributed by atoms with Gasteiger partial charge < -0.3 is 4.42 Å². The fourth-order valence-corrected chi connectivity index (χ4v) is 1.37. The summed E-state index contributed by atoms with van der Waals surface area (Å²) in [7, 11) is 0. The molecule has 14 heavy (non-hydrogen) atoms. The lowest BCUT2D eigenvalue weighted by Gasteiger charge is -2.04. The van der Waals surface area contributed by atoms with Crippen LogP contribution in [0, 0.1) is 24.2 Å². The summed E-state index contributed by atoms with van der Waals surface area (Å²) in [6.07, 6.45) is 2.92. The van der Waals surface area contributed by atoms with E-state index in [1.165, 1.54) is 6.26 Å². The van der Waals surface area contributed by atoms with E-state index in [0.29, 0.717) is 17.7 Å². The van der Waals surface area contributed by atoms with E-state index in [-0.39, 0.29) is 5.78 Å². The fraction of sp³-hybridized carbons (Fsp3) is 0.455. The molecule has 0 saturated heterocycles. The van der Waals surface area contributed by atoms with E-state index >= 15 is 0 Å². The third-order valence-corrected chi connectivity index (χ3v) is 2.17. The van der Waals surface area contributed by atoms with E-state index in [9.17, 15) is 4.79 Å². The van der Waals surface area contributed by atoms with Crippen LogP contribution in [-0.2, 0) is 0 Å². The van der Waals surface area contributed by atoms with Crippen molar-refractivity contribution in [2.45, 2.75) is 26.7 Å². The normalized spacial score (nSPS) is 12.1. The Balaban J connectivity index is 2.85. The summed E-state index contributed by atoms with van der Waals surface area (Å²) >= 11 is 0. The van der Waals surface area contributed by atoms with Crippen molar-refractivity contribution in [1.82, 2.24) is 0 Å². The molecule has 0 fully saturated rings. The van der Waals surface area contributed by atoms with Crippen molar-refractivity contribution in [3.63, 3.8) is 0 Å². The zero-order valence-corrected chi connectivity index (χ0v) is 8.41. The Labute approximate surface area is 83.3 Å². The number of furan rings is 1. The van der Waals surface area contributed by atoms with Gasteiger partial charge in [0.25, 0.3) is 0 Å². The van der Waals surface area contributed by atoms with Crippen LogP contribution < -0.4 is 0 Å². The molecule has 1 heterocycles. The number of hydrogen-bond donors (Lipinski definition) is 0. The largest absolute Gasteiger partial charge is 0.469 e. The van der Waals surface area contributed by atoms with Gasteiger partial charge in [-0.3, -0.25) is 4.79 Å². The fourth-order valence-electron chi connectivity index (χ4n) is 1.37. The topological polar surface area (TPSA) is 54.0 Å². The molecule has 74 valence electrons. The average molecular weight is 191 g/mol. The highest BCUT2D eigenvalue weighted by Gasteiger charge is 2.21. The number of hydrogen-bond acceptors (Lipinski definition) is 3. The van der Waals surface area contributed by atoms with Crippen molar-refractivity contribution < 1.29 is 9.21 Å². The van der Waals surface area contributed by atoms with Gasteiger partial charge >= 0.3 is 0 Å². The summed E-state index contributed by atoms with van der Waals surface area (Å²) < 4.78 is 5.03. The molecule has 0 saturated carbocycles. The van der Waals surface area contributed by atoms with Gasteiger partial charge in [-0.1, -0.05) is 13.3 Å². The molecule has 0 N–H and O–H groups in total. The van der Waals surface area contributed by atoms with Gasteiger partial charge in [-0.15, -0.1) is 0 Å². The maximum Gasteiger partial charge on any atom is 0.183 e. The summed E-state index contributed by atoms with van der Waals surface area (Å²) in [4.78, 5) is 11.8. The number of carbonyl (C=O) groups excluding carboxylic acids is 1. The van der Waals surface area contributed by atoms with E-state index in [2.05, 4.69) is 0 Å². The smallest absolute Gasteiger partial charge is 0.183 e. The Morgan fingerprint density at radius 3 is 2.86 bits per heavy atom. The molecule has 0 radical (unpaired) electrons. The van der Waals surface area contributed by atoms with Gasteiger partial charge in [-0.2, -0.15) is 5.26 Å². The third-order valence-electron chi connectivity index (χ3n) is 2.17. The second-order valence-corrected chi connectivity index (χ2v) is 3.23. The second kappa shape index (κ2) is 4.61. The Bertz CT molecular complexity index is 360. The average Bonchev–Trinajstić information content (AvgIpc) is 2.59. The Kier molecular flexibility index (Phi) is 3.47. The number of carbonyl (C=O) groups is 1. The van der Waals surface area contributed by atoms with E-state index in [1.807, 2.05) is 13.0 Å². The number of rotatable bonds is 4. The van der Waals surface area contributed by atoms with E-state index in [0.717, 1.165) is 6.42 Å². The van der Waals surface area contributed by atoms with Gasteiger partial charge in [0.15, 0.2) is 5.78 Å². The van der Waals surface area contributed by atoms with Crippen LogP contribution in [0.1, 0.15) is 35.9 Å². The molecule has 3 heteroatoms. The second-order valence-electron chi connectivity index (χ2n) is 3.23. The first kappa shape index (κ1) is 10.5. The number of nitriles is 1. The van der Waals surface area contributed by atoms with Crippen molar-refractivity contribution in [3.8, 4) is 6.07 Å². The molecule has 0 spiro atoms. The molecule has 3 nitrogen and oxygen atoms in total. The lowest BCUT2D eigenvalue weighted by molar-refractivity contribution is 0.0942. The predicted molar refractivity (Wildman–Crippen MR) is 51.8 cm³/mol. The molecule has 0 amide bonds. The highest BCUT2D eigenvalue weighted by molar-refractivity contribution is 6.00. The molecule has 0 aromatic carbocycles. The van der Waals surface area contributed by atoms with Crippen LogP contribution in [0.4, 0.5) is 0 Å². The first-order valence-electron chi connectivity index (χ1n) is 4.68. The number of Topliss-reactive ketones (excluding diaryl/α,β-unsaturated/α-hetero) is 1. The zero-order valence-electron chi connectivity index (χ0n) is 8.41. The van der Waals surface area contributed by atoms with Gasteiger partial charge in [0.2, 0.25) is 0 Å². The van der Waals surface area contributed by atoms with Crippen LogP contribution in [0.15, 0.2) is 16.7 Å². The lowest BCUT2D eigenvalue weighted by Crippen LogP contribution is -2.12. The molecule has 1 aromatic heterocycles. The Morgan fingerprint density at radius 2 is 2.43 bits per heavy atom. The van der Waals surface area contributed by atoms with Gasteiger partial charge in [0.05, 0.1) is 17.9 Å². The molecule has 0 aliphatic rings. The zero-order chi connectivity index (χ0) is 10.6. The van der Waals surface area contributed by atoms with E-state index in [4.69, 9.17) is 9.68 Å². The van der Waals surface area contributed by atoms with Crippen LogP contribution in [0.25, 0.3) is 0 Å². The number of nitrogens with zero attached hydrogens (tertiary/aromatic N) is 1. The standard InChI is InChI=1S/C11H13NO2/c1-3-4-9(7-12)11(13)10-5-6-14-8(10)2/h5-6,9H,3-4H2,1-2H3. The Morgan fingerprint density at radius 1 is 1.71 bits per heavy atom. The van der Waals surface area contributed by atoms with Crippen LogP contribution >= 0.6 is 0 Å². The highest BCUT2D eigenvalue weighted by Crippen LogP contribution is 2.17. The van der Waals surface area contributed by atoms with Crippen molar-refractivity contribution in [1.29, 1.82) is 5.26 Å². The number of ketones is 1. The Hall–Kier alpha value is -1.56. The van der Waals surface area contributed by atoms with Crippen molar-refractivity contribution in [2.75, 3.05) is 0 Å². The van der Waals surface area contributed by atoms with E-state index < -0.39 is 5.92 Å². The molecule has 0 aliphatic carbocycles. The molecular formula is C11H13NO2. The van der Waals surface area contributed by atoms with Crippen molar-refractivity contribution in [3.05, 3.63) is 23.7 Å². The molecule has 0 aliphatic heterocycles. The summed E-state index contributed by atoms with van der Waals surface area (Å²) in [6, 6.07) is 3.65. The van der Waals surface area contributed by atoms with Crippen LogP contribution in [0.2, 0.25) is 0 Å². The maximum atomic E-state index is 11.8. The molecule has 1 rings (SSSR count). The summed E-state index contributed by atoms with van der Waals surface area (Å²) in [5.74, 6) is -0.0664. The summed E-state index contributed by atoms with van der Waals surface area (Å²) in [6.45, 7) is 3.69. The summed E-state index contributed by atoms with van der Waals surface area (Å²) in [5, 5.41) is 8.82. The SMILES string of the molecule is CCCC(C#N)C(=O)c1ccoc1C. The van der Waals surface area contributed by atoms with Gasteiger partial charge in [-0.25, -0.2) is 0 Å². The van der Waals surface area contributed by atoms with Gasteiger partial charge in [-0.05, 0) is 19.4 Å². The molecule has 1 aromatic rings. The third kappa shape index (κ3) is 2.02. The lowest BCUT2D eigenvalue weighted by atomic mass is 9.95. The quantitative estimate of drug-likeness (QED) is 0.687. The monoisotopic (exact) mass is 191 g/mol. The van der Waals surface area contributed by atoms with Crippen molar-refractivity contribution in [2.24, 2.45) is 5.92 Å². The minimum absolute atomic E-state index is 0.124. The minimum atomic E-state index is -0.531.